The van der Waals surface area contributed by atoms with Gasteiger partial charge in [0.25, 0.3) is 0 Å². The second-order valence-corrected chi connectivity index (χ2v) is 6.57. The molecular formula is C15H12FN3O4S. The smallest absolute Gasteiger partial charge is 0.339 e. The van der Waals surface area contributed by atoms with E-state index in [1.54, 1.807) is 0 Å². The number of carbonyl (C=O) groups excluding carboxylic acids is 1. The minimum Gasteiger partial charge on any atom is -0.379 e. The summed E-state index contributed by atoms with van der Waals surface area (Å²) in [4.78, 5) is 10.9. The topological polar surface area (TPSA) is 115 Å². The van der Waals surface area contributed by atoms with Gasteiger partial charge in [0.1, 0.15) is 16.5 Å². The fraction of sp³-hybridized carbons (Fsp3) is 0.0667. The summed E-state index contributed by atoms with van der Waals surface area (Å²) in [6, 6.07) is 8.91. The molecule has 3 N–H and O–H groups in total. The zero-order chi connectivity index (χ0) is 17.3. The highest BCUT2D eigenvalue weighted by atomic mass is 32.2. The Hall–Kier alpha value is -2.94. The van der Waals surface area contributed by atoms with Gasteiger partial charge in [-0.1, -0.05) is 6.07 Å². The third-order valence-corrected chi connectivity index (χ3v) is 4.49. The minimum absolute atomic E-state index is 0.106. The highest BCUT2D eigenvalue weighted by Crippen LogP contribution is 2.24. The number of aromatic amines is 1. The van der Waals surface area contributed by atoms with Crippen molar-refractivity contribution >= 4 is 26.9 Å². The Kier molecular flexibility index (Phi) is 3.94. The summed E-state index contributed by atoms with van der Waals surface area (Å²) in [7, 11) is -4.17. The molecule has 0 saturated heterocycles. The highest BCUT2D eigenvalue weighted by Gasteiger charge is 2.19. The van der Waals surface area contributed by atoms with Gasteiger partial charge in [-0.25, -0.2) is 4.39 Å². The lowest BCUT2D eigenvalue weighted by atomic mass is 10.1. The van der Waals surface area contributed by atoms with Crippen molar-refractivity contribution in [3.8, 4) is 5.75 Å². The van der Waals surface area contributed by atoms with Crippen molar-refractivity contribution in [1.82, 2.24) is 10.2 Å². The van der Waals surface area contributed by atoms with E-state index in [4.69, 9.17) is 9.92 Å². The van der Waals surface area contributed by atoms with Crippen LogP contribution in [-0.4, -0.2) is 24.5 Å². The third kappa shape index (κ3) is 3.20. The van der Waals surface area contributed by atoms with Gasteiger partial charge in [-0.05, 0) is 30.3 Å². The summed E-state index contributed by atoms with van der Waals surface area (Å²) in [6.07, 6.45) is -0.106. The predicted octanol–water partition coefficient (Wildman–Crippen LogP) is 1.50. The average Bonchev–Trinajstić information content (AvgIpc) is 2.88. The van der Waals surface area contributed by atoms with Crippen LogP contribution in [0, 0.1) is 5.82 Å². The van der Waals surface area contributed by atoms with Crippen LogP contribution in [0.25, 0.3) is 10.9 Å². The molecule has 3 aromatic rings. The SMILES string of the molecule is NC(=O)Cc1[nH]nc2ccc(S(=O)(=O)Oc3cccc(F)c3)cc12. The molecule has 0 bridgehead atoms. The van der Waals surface area contributed by atoms with E-state index < -0.39 is 21.8 Å². The molecule has 2 aromatic carbocycles. The lowest BCUT2D eigenvalue weighted by Crippen LogP contribution is -2.14. The average molecular weight is 349 g/mol. The third-order valence-electron chi connectivity index (χ3n) is 3.25. The predicted molar refractivity (Wildman–Crippen MR) is 83.2 cm³/mol. The number of hydrogen-bond donors (Lipinski definition) is 2. The number of fused-ring (bicyclic) bond motifs is 1. The van der Waals surface area contributed by atoms with E-state index in [9.17, 15) is 17.6 Å². The molecule has 0 aliphatic heterocycles. The van der Waals surface area contributed by atoms with Crippen molar-refractivity contribution in [3.63, 3.8) is 0 Å². The maximum absolute atomic E-state index is 13.2. The lowest BCUT2D eigenvalue weighted by Gasteiger charge is -2.07. The molecule has 0 aliphatic rings. The van der Waals surface area contributed by atoms with Crippen molar-refractivity contribution < 1.29 is 21.8 Å². The molecule has 1 amide bonds. The minimum atomic E-state index is -4.17. The number of benzene rings is 2. The standard InChI is InChI=1S/C15H12FN3O4S/c16-9-2-1-3-10(6-9)23-24(21,22)11-4-5-13-12(7-11)14(19-18-13)8-15(17)20/h1-7H,8H2,(H2,17,20)(H,18,19). The van der Waals surface area contributed by atoms with Crippen LogP contribution in [0.5, 0.6) is 5.75 Å². The molecular weight excluding hydrogens is 337 g/mol. The number of aromatic nitrogens is 2. The molecule has 0 aliphatic carbocycles. The zero-order valence-electron chi connectivity index (χ0n) is 12.2. The zero-order valence-corrected chi connectivity index (χ0v) is 13.0. The largest absolute Gasteiger partial charge is 0.379 e. The quantitative estimate of drug-likeness (QED) is 0.677. The fourth-order valence-electron chi connectivity index (χ4n) is 2.20. The Morgan fingerprint density at radius 3 is 2.75 bits per heavy atom. The molecule has 0 spiro atoms. The molecule has 0 radical (unpaired) electrons. The molecule has 0 unspecified atom stereocenters. The number of carbonyl (C=O) groups is 1. The first-order valence-corrected chi connectivity index (χ1v) is 8.21. The van der Waals surface area contributed by atoms with E-state index in [1.807, 2.05) is 0 Å². The van der Waals surface area contributed by atoms with Gasteiger partial charge in [-0.2, -0.15) is 13.5 Å². The van der Waals surface area contributed by atoms with Crippen LogP contribution in [-0.2, 0) is 21.3 Å². The van der Waals surface area contributed by atoms with Crippen molar-refractivity contribution in [2.24, 2.45) is 5.73 Å². The van der Waals surface area contributed by atoms with Crippen LogP contribution in [0.3, 0.4) is 0 Å². The molecule has 1 aromatic heterocycles. The van der Waals surface area contributed by atoms with Gasteiger partial charge >= 0.3 is 10.1 Å². The first-order chi connectivity index (χ1) is 11.3. The molecule has 24 heavy (non-hydrogen) atoms. The number of nitrogens with one attached hydrogen (secondary N) is 1. The van der Waals surface area contributed by atoms with Gasteiger partial charge in [0.2, 0.25) is 5.91 Å². The van der Waals surface area contributed by atoms with Crippen LogP contribution >= 0.6 is 0 Å². The molecule has 9 heteroatoms. The first-order valence-electron chi connectivity index (χ1n) is 6.80. The van der Waals surface area contributed by atoms with Crippen molar-refractivity contribution in [3.05, 3.63) is 54.0 Å². The molecule has 0 saturated carbocycles. The molecule has 124 valence electrons. The summed E-state index contributed by atoms with van der Waals surface area (Å²) in [6.45, 7) is 0. The lowest BCUT2D eigenvalue weighted by molar-refractivity contribution is -0.117. The second-order valence-electron chi connectivity index (χ2n) is 5.02. The molecule has 1 heterocycles. The van der Waals surface area contributed by atoms with Crippen LogP contribution in [0.4, 0.5) is 4.39 Å². The summed E-state index contributed by atoms with van der Waals surface area (Å²) >= 11 is 0. The van der Waals surface area contributed by atoms with Crippen LogP contribution < -0.4 is 9.92 Å². The van der Waals surface area contributed by atoms with Gasteiger partial charge in [0.15, 0.2) is 0 Å². The van der Waals surface area contributed by atoms with E-state index in [1.165, 1.54) is 36.4 Å². The Morgan fingerprint density at radius 1 is 1.25 bits per heavy atom. The van der Waals surface area contributed by atoms with Gasteiger partial charge in [-0.15, -0.1) is 0 Å². The maximum atomic E-state index is 13.2. The van der Waals surface area contributed by atoms with Crippen LogP contribution in [0.1, 0.15) is 5.69 Å². The number of nitrogens with zero attached hydrogens (tertiary/aromatic N) is 1. The number of amides is 1. The van der Waals surface area contributed by atoms with Gasteiger partial charge in [0.05, 0.1) is 17.6 Å². The number of nitrogens with two attached hydrogens (primary N) is 1. The van der Waals surface area contributed by atoms with Gasteiger partial charge < -0.3 is 9.92 Å². The number of hydrogen-bond acceptors (Lipinski definition) is 5. The number of primary amides is 1. The van der Waals surface area contributed by atoms with Gasteiger partial charge in [-0.3, -0.25) is 9.89 Å². The number of rotatable bonds is 5. The Bertz CT molecular complexity index is 1030. The Balaban J connectivity index is 1.99. The van der Waals surface area contributed by atoms with Crippen molar-refractivity contribution in [2.45, 2.75) is 11.3 Å². The summed E-state index contributed by atoms with van der Waals surface area (Å²) < 4.78 is 42.8. The molecule has 3 rings (SSSR count). The van der Waals surface area contributed by atoms with Crippen LogP contribution in [0.15, 0.2) is 47.4 Å². The maximum Gasteiger partial charge on any atom is 0.339 e. The summed E-state index contributed by atoms with van der Waals surface area (Å²) in [5.41, 5.74) is 6.04. The molecule has 0 fully saturated rings. The Morgan fingerprint density at radius 2 is 2.04 bits per heavy atom. The van der Waals surface area contributed by atoms with E-state index in [0.29, 0.717) is 16.6 Å². The van der Waals surface area contributed by atoms with Crippen molar-refractivity contribution in [2.75, 3.05) is 0 Å². The first kappa shape index (κ1) is 15.9. The Labute approximate surface area is 136 Å². The van der Waals surface area contributed by atoms with Crippen LogP contribution in [0.2, 0.25) is 0 Å². The van der Waals surface area contributed by atoms with Crippen molar-refractivity contribution in [1.29, 1.82) is 0 Å². The summed E-state index contributed by atoms with van der Waals surface area (Å²) in [5, 5.41) is 7.06. The highest BCUT2D eigenvalue weighted by molar-refractivity contribution is 7.87. The van der Waals surface area contributed by atoms with Gasteiger partial charge in [0, 0.05) is 11.5 Å². The normalized spacial score (nSPS) is 11.5. The second kappa shape index (κ2) is 5.93. The number of H-pyrrole nitrogens is 1. The monoisotopic (exact) mass is 349 g/mol. The molecule has 7 nitrogen and oxygen atoms in total. The van der Waals surface area contributed by atoms with E-state index in [0.717, 1.165) is 6.07 Å². The van der Waals surface area contributed by atoms with E-state index in [-0.39, 0.29) is 17.1 Å². The van der Waals surface area contributed by atoms with E-state index in [2.05, 4.69) is 10.2 Å². The van der Waals surface area contributed by atoms with E-state index >= 15 is 0 Å². The summed E-state index contributed by atoms with van der Waals surface area (Å²) in [5.74, 6) is -1.33. The fourth-order valence-corrected chi connectivity index (χ4v) is 3.15. The molecule has 0 atom stereocenters. The number of halogens is 1.